The summed E-state index contributed by atoms with van der Waals surface area (Å²) in [6.07, 6.45) is 0. The third kappa shape index (κ3) is 4.41. The number of nitrogens with two attached hydrogens (primary N) is 2. The van der Waals surface area contributed by atoms with Crippen LogP contribution in [0.3, 0.4) is 0 Å². The molecule has 0 radical (unpaired) electrons. The first-order valence-electron chi connectivity index (χ1n) is 8.80. The van der Waals surface area contributed by atoms with E-state index in [-0.39, 0.29) is 11.6 Å². The zero-order valence-corrected chi connectivity index (χ0v) is 16.4. The maximum Gasteiger partial charge on any atom is 0.224 e. The molecule has 0 aliphatic rings. The third-order valence-corrected chi connectivity index (χ3v) is 4.85. The molecular formula is C21H20ClFN4O2. The highest BCUT2D eigenvalue weighted by atomic mass is 35.5. The molecule has 6 nitrogen and oxygen atoms in total. The van der Waals surface area contributed by atoms with Gasteiger partial charge in [0.05, 0.1) is 11.6 Å². The highest BCUT2D eigenvalue weighted by molar-refractivity contribution is 6.30. The molecule has 8 heteroatoms. The molecular weight excluding hydrogens is 395 g/mol. The van der Waals surface area contributed by atoms with Crippen molar-refractivity contribution in [3.05, 3.63) is 64.7 Å². The number of aromatic hydroxyl groups is 1. The molecule has 0 bridgehead atoms. The van der Waals surface area contributed by atoms with Crippen LogP contribution in [0, 0.1) is 0 Å². The number of nitrogens with zero attached hydrogens (tertiary/aromatic N) is 1. The number of hydrogen-bond acceptors (Lipinski definition) is 5. The molecule has 1 amide bonds. The van der Waals surface area contributed by atoms with E-state index in [0.29, 0.717) is 38.8 Å². The Balaban J connectivity index is 1.96. The number of amides is 1. The Hall–Kier alpha value is -3.32. The van der Waals surface area contributed by atoms with Crippen molar-refractivity contribution in [2.75, 3.05) is 11.1 Å². The summed E-state index contributed by atoms with van der Waals surface area (Å²) in [5, 5.41) is 13.9. The Morgan fingerprint density at radius 3 is 2.66 bits per heavy atom. The van der Waals surface area contributed by atoms with Gasteiger partial charge in [0, 0.05) is 33.1 Å². The maximum absolute atomic E-state index is 13.3. The molecule has 1 aromatic heterocycles. The molecule has 1 unspecified atom stereocenters. The summed E-state index contributed by atoms with van der Waals surface area (Å²) < 4.78 is 13.3. The van der Waals surface area contributed by atoms with E-state index in [9.17, 15) is 14.3 Å². The van der Waals surface area contributed by atoms with Crippen LogP contribution in [0.2, 0.25) is 5.02 Å². The number of nitrogen functional groups attached to an aromatic ring is 1. The lowest BCUT2D eigenvalue weighted by Crippen LogP contribution is -2.20. The van der Waals surface area contributed by atoms with E-state index >= 15 is 0 Å². The molecule has 0 saturated heterocycles. The van der Waals surface area contributed by atoms with Crippen molar-refractivity contribution in [1.29, 1.82) is 0 Å². The van der Waals surface area contributed by atoms with Crippen LogP contribution in [-0.4, -0.2) is 16.0 Å². The quantitative estimate of drug-likeness (QED) is 0.443. The van der Waals surface area contributed by atoms with Crippen molar-refractivity contribution in [1.82, 2.24) is 4.98 Å². The van der Waals surface area contributed by atoms with Gasteiger partial charge in [0.2, 0.25) is 5.91 Å². The number of nitrogens with one attached hydrogen (secondary N) is 1. The number of primary amides is 1. The third-order valence-electron chi connectivity index (χ3n) is 4.61. The molecule has 3 rings (SSSR count). The molecule has 2 aromatic carbocycles. The molecule has 0 saturated carbocycles. The number of anilines is 3. The Morgan fingerprint density at radius 1 is 1.24 bits per heavy atom. The second kappa shape index (κ2) is 8.36. The van der Waals surface area contributed by atoms with E-state index < -0.39 is 18.5 Å². The number of phenolic OH excluding ortho intramolecular Hbond substituents is 1. The van der Waals surface area contributed by atoms with Gasteiger partial charge in [-0.2, -0.15) is 0 Å². The lowest BCUT2D eigenvalue weighted by atomic mass is 10.00. The average molecular weight is 415 g/mol. The van der Waals surface area contributed by atoms with Gasteiger partial charge in [-0.05, 0) is 49.4 Å². The molecule has 0 aliphatic carbocycles. The summed E-state index contributed by atoms with van der Waals surface area (Å²) in [6, 6.07) is 13.0. The molecule has 0 fully saturated rings. The summed E-state index contributed by atoms with van der Waals surface area (Å²) in [5.41, 5.74) is 14.3. The minimum Gasteiger partial charge on any atom is -0.507 e. The van der Waals surface area contributed by atoms with Gasteiger partial charge in [0.25, 0.3) is 0 Å². The summed E-state index contributed by atoms with van der Waals surface area (Å²) in [7, 11) is 0. The molecule has 0 aliphatic heterocycles. The Kier molecular flexibility index (Phi) is 5.89. The van der Waals surface area contributed by atoms with Gasteiger partial charge < -0.3 is 21.9 Å². The predicted octanol–water partition coefficient (Wildman–Crippen LogP) is 4.49. The van der Waals surface area contributed by atoms with Crippen LogP contribution in [0.1, 0.15) is 24.0 Å². The van der Waals surface area contributed by atoms with Gasteiger partial charge in [-0.3, -0.25) is 4.79 Å². The second-order valence-electron chi connectivity index (χ2n) is 6.59. The van der Waals surface area contributed by atoms with Crippen molar-refractivity contribution in [2.24, 2.45) is 5.73 Å². The lowest BCUT2D eigenvalue weighted by Gasteiger charge is -2.14. The van der Waals surface area contributed by atoms with Gasteiger partial charge >= 0.3 is 0 Å². The predicted molar refractivity (Wildman–Crippen MR) is 113 cm³/mol. The Bertz CT molecular complexity index is 1070. The first-order valence-corrected chi connectivity index (χ1v) is 9.18. The molecule has 0 spiro atoms. The van der Waals surface area contributed by atoms with E-state index in [1.54, 1.807) is 49.4 Å². The van der Waals surface area contributed by atoms with Gasteiger partial charge in [-0.25, -0.2) is 9.37 Å². The van der Waals surface area contributed by atoms with Gasteiger partial charge in [0.15, 0.2) is 0 Å². The SMILES string of the molecule is CC(C(N)=O)c1ccc(-c2cc(Nc3ccc(Cl)cc3CF)ccc2O)nc1N. The van der Waals surface area contributed by atoms with Crippen molar-refractivity contribution in [2.45, 2.75) is 19.5 Å². The monoisotopic (exact) mass is 414 g/mol. The fourth-order valence-electron chi connectivity index (χ4n) is 2.92. The number of alkyl halides is 1. The topological polar surface area (TPSA) is 114 Å². The van der Waals surface area contributed by atoms with E-state index in [1.165, 1.54) is 6.07 Å². The smallest absolute Gasteiger partial charge is 0.224 e. The van der Waals surface area contributed by atoms with E-state index in [2.05, 4.69) is 10.3 Å². The second-order valence-corrected chi connectivity index (χ2v) is 7.02. The first-order chi connectivity index (χ1) is 13.8. The fourth-order valence-corrected chi connectivity index (χ4v) is 3.12. The summed E-state index contributed by atoms with van der Waals surface area (Å²) in [5.74, 6) is -0.932. The number of carbonyl (C=O) groups is 1. The van der Waals surface area contributed by atoms with Crippen LogP contribution in [0.5, 0.6) is 5.75 Å². The highest BCUT2D eigenvalue weighted by Crippen LogP contribution is 2.34. The first kappa shape index (κ1) is 20.4. The van der Waals surface area contributed by atoms with Crippen LogP contribution >= 0.6 is 11.6 Å². The number of benzene rings is 2. The Morgan fingerprint density at radius 2 is 2.00 bits per heavy atom. The zero-order valence-electron chi connectivity index (χ0n) is 15.6. The average Bonchev–Trinajstić information content (AvgIpc) is 2.70. The molecule has 150 valence electrons. The Labute approximate surface area is 172 Å². The number of carbonyl (C=O) groups excluding carboxylic acids is 1. The summed E-state index contributed by atoms with van der Waals surface area (Å²) >= 11 is 5.92. The van der Waals surface area contributed by atoms with Gasteiger partial charge in [0.1, 0.15) is 18.2 Å². The summed E-state index contributed by atoms with van der Waals surface area (Å²) in [4.78, 5) is 15.7. The van der Waals surface area contributed by atoms with Crippen LogP contribution in [0.25, 0.3) is 11.3 Å². The maximum atomic E-state index is 13.3. The van der Waals surface area contributed by atoms with Crippen LogP contribution < -0.4 is 16.8 Å². The number of phenols is 1. The van der Waals surface area contributed by atoms with Crippen molar-refractivity contribution < 1.29 is 14.3 Å². The van der Waals surface area contributed by atoms with Crippen molar-refractivity contribution in [3.8, 4) is 17.0 Å². The number of rotatable bonds is 6. The minimum absolute atomic E-state index is 0.0000270. The van der Waals surface area contributed by atoms with E-state index in [4.69, 9.17) is 23.1 Å². The lowest BCUT2D eigenvalue weighted by molar-refractivity contribution is -0.119. The van der Waals surface area contributed by atoms with Crippen molar-refractivity contribution >= 4 is 34.7 Å². The molecule has 6 N–H and O–H groups in total. The van der Waals surface area contributed by atoms with E-state index in [1.807, 2.05) is 0 Å². The standard InChI is InChI=1S/C21H20ClFN4O2/c1-11(21(25)29)15-4-6-18(27-20(15)24)16-9-14(3-7-19(16)28)26-17-5-2-13(22)8-12(17)10-23/h2-9,11,26,28H,10H2,1H3,(H2,24,27)(H2,25,29). The van der Waals surface area contributed by atoms with Crippen LogP contribution in [0.4, 0.5) is 21.6 Å². The van der Waals surface area contributed by atoms with Gasteiger partial charge in [-0.15, -0.1) is 0 Å². The highest BCUT2D eigenvalue weighted by Gasteiger charge is 2.17. The van der Waals surface area contributed by atoms with Gasteiger partial charge in [-0.1, -0.05) is 17.7 Å². The van der Waals surface area contributed by atoms with Crippen molar-refractivity contribution in [3.63, 3.8) is 0 Å². The molecule has 3 aromatic rings. The number of hydrogen-bond donors (Lipinski definition) is 4. The number of pyridine rings is 1. The minimum atomic E-state index is -0.675. The number of aromatic nitrogens is 1. The number of halogens is 2. The summed E-state index contributed by atoms with van der Waals surface area (Å²) in [6.45, 7) is 0.970. The molecule has 1 atom stereocenters. The normalized spacial score (nSPS) is 11.8. The fraction of sp³-hybridized carbons (Fsp3) is 0.143. The van der Waals surface area contributed by atoms with Crippen LogP contribution in [0.15, 0.2) is 48.5 Å². The molecule has 29 heavy (non-hydrogen) atoms. The van der Waals surface area contributed by atoms with E-state index in [0.717, 1.165) is 0 Å². The largest absolute Gasteiger partial charge is 0.507 e. The zero-order chi connectivity index (χ0) is 21.1. The molecule has 1 heterocycles. The van der Waals surface area contributed by atoms with Crippen LogP contribution in [-0.2, 0) is 11.5 Å².